The van der Waals surface area contributed by atoms with E-state index in [0.29, 0.717) is 17.8 Å². The van der Waals surface area contributed by atoms with E-state index in [4.69, 9.17) is 5.21 Å². The van der Waals surface area contributed by atoms with Gasteiger partial charge < -0.3 is 15.7 Å². The molecule has 174 valence electrons. The number of carbonyl (C=O) groups is 3. The molecule has 0 spiro atoms. The van der Waals surface area contributed by atoms with Crippen LogP contribution in [0.2, 0.25) is 0 Å². The third kappa shape index (κ3) is 8.05. The quantitative estimate of drug-likeness (QED) is 0.230. The minimum atomic E-state index is -1.29. The van der Waals surface area contributed by atoms with Crippen LogP contribution in [0.4, 0.5) is 5.69 Å². The second-order valence-electron chi connectivity index (χ2n) is 7.45. The standard InChI is InChI=1S/C24H28N4O5/c1-4-28(3)15-21(30)25-20-13-9-18(10-14-20)6-5-17-7-11-19(12-8-17)23(31)26-22(16(2)29)24(32)27-33/h7-14,16,22,29,33H,4,15H2,1-3H3,(H,25,30)(H,26,31)(H,27,32). The number of hydroxylamine groups is 1. The zero-order chi connectivity index (χ0) is 24.4. The van der Waals surface area contributed by atoms with E-state index in [1.807, 2.05) is 18.9 Å². The largest absolute Gasteiger partial charge is 0.391 e. The molecule has 3 amide bonds. The van der Waals surface area contributed by atoms with Gasteiger partial charge in [0.1, 0.15) is 6.04 Å². The van der Waals surface area contributed by atoms with Crippen molar-refractivity contribution < 1.29 is 24.7 Å². The van der Waals surface area contributed by atoms with E-state index >= 15 is 0 Å². The highest BCUT2D eigenvalue weighted by atomic mass is 16.5. The Kier molecular flexibility index (Phi) is 9.57. The van der Waals surface area contributed by atoms with E-state index in [0.717, 1.165) is 12.1 Å². The van der Waals surface area contributed by atoms with Gasteiger partial charge >= 0.3 is 0 Å². The minimum absolute atomic E-state index is 0.0842. The predicted octanol–water partition coefficient (Wildman–Crippen LogP) is 0.961. The van der Waals surface area contributed by atoms with Gasteiger partial charge in [0.05, 0.1) is 12.6 Å². The van der Waals surface area contributed by atoms with Crippen molar-refractivity contribution in [1.82, 2.24) is 15.7 Å². The Morgan fingerprint density at radius 1 is 1.00 bits per heavy atom. The average molecular weight is 453 g/mol. The van der Waals surface area contributed by atoms with Crippen molar-refractivity contribution in [2.75, 3.05) is 25.5 Å². The molecule has 2 unspecified atom stereocenters. The number of carbonyl (C=O) groups excluding carboxylic acids is 3. The van der Waals surface area contributed by atoms with Crippen molar-refractivity contribution in [2.45, 2.75) is 26.0 Å². The van der Waals surface area contributed by atoms with Gasteiger partial charge in [-0.2, -0.15) is 0 Å². The zero-order valence-corrected chi connectivity index (χ0v) is 18.8. The number of hydrogen-bond donors (Lipinski definition) is 5. The highest BCUT2D eigenvalue weighted by molar-refractivity contribution is 5.97. The molecule has 0 bridgehead atoms. The van der Waals surface area contributed by atoms with Crippen molar-refractivity contribution in [2.24, 2.45) is 0 Å². The number of aliphatic hydroxyl groups is 1. The molecular weight excluding hydrogens is 424 g/mol. The molecule has 2 aromatic carbocycles. The topological polar surface area (TPSA) is 131 Å². The molecule has 2 atom stereocenters. The molecule has 0 aliphatic heterocycles. The number of nitrogens with zero attached hydrogens (tertiary/aromatic N) is 1. The summed E-state index contributed by atoms with van der Waals surface area (Å²) in [5.74, 6) is 4.43. The van der Waals surface area contributed by atoms with Gasteiger partial charge in [0, 0.05) is 22.4 Å². The number of nitrogens with one attached hydrogen (secondary N) is 3. The number of benzene rings is 2. The van der Waals surface area contributed by atoms with E-state index in [1.165, 1.54) is 12.4 Å². The molecule has 0 fully saturated rings. The summed E-state index contributed by atoms with van der Waals surface area (Å²) in [6.07, 6.45) is -1.19. The molecule has 5 N–H and O–H groups in total. The second kappa shape index (κ2) is 12.4. The van der Waals surface area contributed by atoms with Gasteiger partial charge in [-0.15, -0.1) is 0 Å². The van der Waals surface area contributed by atoms with Crippen molar-refractivity contribution >= 4 is 23.4 Å². The first-order valence-electron chi connectivity index (χ1n) is 10.4. The Balaban J connectivity index is 1.99. The summed E-state index contributed by atoms with van der Waals surface area (Å²) < 4.78 is 0. The maximum absolute atomic E-state index is 12.3. The molecule has 0 radical (unpaired) electrons. The molecule has 0 saturated heterocycles. The predicted molar refractivity (Wildman–Crippen MR) is 124 cm³/mol. The van der Waals surface area contributed by atoms with Crippen molar-refractivity contribution in [3.8, 4) is 11.8 Å². The third-order valence-corrected chi connectivity index (χ3v) is 4.78. The molecule has 0 heterocycles. The van der Waals surface area contributed by atoms with E-state index < -0.39 is 24.0 Å². The molecule has 2 rings (SSSR count). The normalized spacial score (nSPS) is 12.2. The average Bonchev–Trinajstić information content (AvgIpc) is 2.81. The number of amides is 3. The van der Waals surface area contributed by atoms with Crippen LogP contribution in [0.25, 0.3) is 0 Å². The Hall–Kier alpha value is -3.71. The van der Waals surface area contributed by atoms with Gasteiger partial charge in [-0.3, -0.25) is 24.5 Å². The van der Waals surface area contributed by atoms with Gasteiger partial charge in [0.15, 0.2) is 0 Å². The summed E-state index contributed by atoms with van der Waals surface area (Å²) in [6, 6.07) is 12.3. The van der Waals surface area contributed by atoms with Crippen LogP contribution in [-0.4, -0.2) is 65.2 Å². The summed E-state index contributed by atoms with van der Waals surface area (Å²) in [6.45, 7) is 4.41. The van der Waals surface area contributed by atoms with E-state index in [2.05, 4.69) is 22.5 Å². The van der Waals surface area contributed by atoms with Crippen LogP contribution < -0.4 is 16.1 Å². The number of hydrogen-bond acceptors (Lipinski definition) is 6. The first-order valence-corrected chi connectivity index (χ1v) is 10.4. The lowest BCUT2D eigenvalue weighted by molar-refractivity contribution is -0.133. The monoisotopic (exact) mass is 452 g/mol. The van der Waals surface area contributed by atoms with E-state index in [1.54, 1.807) is 48.5 Å². The molecule has 0 aliphatic rings. The first kappa shape index (κ1) is 25.5. The Bertz CT molecular complexity index is 1020. The molecule has 0 saturated carbocycles. The Morgan fingerprint density at radius 3 is 2.03 bits per heavy atom. The zero-order valence-electron chi connectivity index (χ0n) is 18.8. The van der Waals surface area contributed by atoms with Crippen molar-refractivity contribution in [3.05, 3.63) is 65.2 Å². The molecule has 2 aromatic rings. The number of anilines is 1. The van der Waals surface area contributed by atoms with Crippen LogP contribution in [0.1, 0.15) is 35.3 Å². The fourth-order valence-corrected chi connectivity index (χ4v) is 2.74. The molecule has 0 aromatic heterocycles. The van der Waals surface area contributed by atoms with Gasteiger partial charge in [0.25, 0.3) is 11.8 Å². The molecular formula is C24H28N4O5. The maximum Gasteiger partial charge on any atom is 0.268 e. The molecule has 9 nitrogen and oxygen atoms in total. The number of likely N-dealkylation sites (N-methyl/N-ethyl adjacent to an activating group) is 1. The Morgan fingerprint density at radius 2 is 1.55 bits per heavy atom. The van der Waals surface area contributed by atoms with Crippen LogP contribution in [0.5, 0.6) is 0 Å². The summed E-state index contributed by atoms with van der Waals surface area (Å²) in [5.41, 5.74) is 3.80. The summed E-state index contributed by atoms with van der Waals surface area (Å²) in [5, 5.41) is 23.5. The second-order valence-corrected chi connectivity index (χ2v) is 7.45. The van der Waals surface area contributed by atoms with E-state index in [-0.39, 0.29) is 11.5 Å². The van der Waals surface area contributed by atoms with Crippen LogP contribution in [0, 0.1) is 11.8 Å². The highest BCUT2D eigenvalue weighted by Crippen LogP contribution is 2.10. The van der Waals surface area contributed by atoms with Crippen LogP contribution >= 0.6 is 0 Å². The van der Waals surface area contributed by atoms with Crippen molar-refractivity contribution in [1.29, 1.82) is 0 Å². The number of rotatable bonds is 8. The van der Waals surface area contributed by atoms with Crippen LogP contribution in [0.3, 0.4) is 0 Å². The van der Waals surface area contributed by atoms with Gasteiger partial charge in [-0.25, -0.2) is 5.48 Å². The fourth-order valence-electron chi connectivity index (χ4n) is 2.74. The lowest BCUT2D eigenvalue weighted by Crippen LogP contribution is -2.51. The number of aliphatic hydroxyl groups excluding tert-OH is 1. The summed E-state index contributed by atoms with van der Waals surface area (Å²) >= 11 is 0. The molecule has 33 heavy (non-hydrogen) atoms. The summed E-state index contributed by atoms with van der Waals surface area (Å²) in [4.78, 5) is 37.7. The molecule has 0 aliphatic carbocycles. The lowest BCUT2D eigenvalue weighted by Gasteiger charge is -2.19. The van der Waals surface area contributed by atoms with E-state index in [9.17, 15) is 19.5 Å². The van der Waals surface area contributed by atoms with Gasteiger partial charge in [0.2, 0.25) is 5.91 Å². The Labute approximate surface area is 192 Å². The summed E-state index contributed by atoms with van der Waals surface area (Å²) in [7, 11) is 1.87. The van der Waals surface area contributed by atoms with Gasteiger partial charge in [-0.05, 0) is 69.0 Å². The maximum atomic E-state index is 12.3. The SMILES string of the molecule is CCN(C)CC(=O)Nc1ccc(C#Cc2ccc(C(=O)NC(C(=O)NO)C(C)O)cc2)cc1. The van der Waals surface area contributed by atoms with Crippen LogP contribution in [-0.2, 0) is 9.59 Å². The third-order valence-electron chi connectivity index (χ3n) is 4.78. The lowest BCUT2D eigenvalue weighted by atomic mass is 10.1. The molecule has 9 heteroatoms. The highest BCUT2D eigenvalue weighted by Gasteiger charge is 2.25. The smallest absolute Gasteiger partial charge is 0.268 e. The van der Waals surface area contributed by atoms with Gasteiger partial charge in [-0.1, -0.05) is 18.8 Å². The first-order chi connectivity index (χ1) is 15.7. The fraction of sp³-hybridized carbons (Fsp3) is 0.292. The minimum Gasteiger partial charge on any atom is -0.391 e. The van der Waals surface area contributed by atoms with Crippen molar-refractivity contribution in [3.63, 3.8) is 0 Å². The van der Waals surface area contributed by atoms with Crippen LogP contribution in [0.15, 0.2) is 48.5 Å².